The van der Waals surface area contributed by atoms with Gasteiger partial charge >= 0.3 is 6.18 Å². The first kappa shape index (κ1) is 18.2. The van der Waals surface area contributed by atoms with E-state index in [-0.39, 0.29) is 6.04 Å². The van der Waals surface area contributed by atoms with E-state index in [0.29, 0.717) is 31.2 Å². The Hall–Kier alpha value is -1.56. The van der Waals surface area contributed by atoms with Gasteiger partial charge < -0.3 is 0 Å². The summed E-state index contributed by atoms with van der Waals surface area (Å²) in [5.41, 5.74) is 2.23. The molecule has 2 nitrogen and oxygen atoms in total. The summed E-state index contributed by atoms with van der Waals surface area (Å²) in [6.45, 7) is 1.18. The summed E-state index contributed by atoms with van der Waals surface area (Å²) in [6, 6.07) is 17.7. The monoisotopic (exact) mass is 368 g/mol. The Kier molecular flexibility index (Phi) is 5.67. The van der Waals surface area contributed by atoms with Gasteiger partial charge in [0, 0.05) is 31.2 Å². The van der Waals surface area contributed by atoms with E-state index in [1.54, 1.807) is 0 Å². The van der Waals surface area contributed by atoms with Crippen molar-refractivity contribution in [2.24, 2.45) is 0 Å². The van der Waals surface area contributed by atoms with Gasteiger partial charge in [0.25, 0.3) is 0 Å². The number of halogens is 4. The molecule has 1 fully saturated rings. The summed E-state index contributed by atoms with van der Waals surface area (Å²) in [4.78, 5) is 3.71. The molecule has 0 unspecified atom stereocenters. The second kappa shape index (κ2) is 7.77. The summed E-state index contributed by atoms with van der Waals surface area (Å²) in [7, 11) is 0. The molecule has 2 aromatic carbocycles. The normalized spacial score (nSPS) is 18.2. The summed E-state index contributed by atoms with van der Waals surface area (Å²) in [5.74, 6) is 0. The Balaban J connectivity index is 1.78. The number of benzene rings is 2. The molecule has 0 N–H and O–H groups in total. The van der Waals surface area contributed by atoms with E-state index in [9.17, 15) is 13.2 Å². The first-order chi connectivity index (χ1) is 11.9. The smallest absolute Gasteiger partial charge is 0.292 e. The first-order valence-electron chi connectivity index (χ1n) is 8.26. The van der Waals surface area contributed by atoms with Crippen LogP contribution >= 0.6 is 11.6 Å². The second-order valence-corrected chi connectivity index (χ2v) is 6.73. The average molecular weight is 369 g/mol. The van der Waals surface area contributed by atoms with E-state index in [4.69, 9.17) is 11.6 Å². The Bertz CT molecular complexity index is 665. The predicted octanol–water partition coefficient (Wildman–Crippen LogP) is 4.61. The number of alkyl halides is 3. The van der Waals surface area contributed by atoms with Crippen LogP contribution in [-0.4, -0.2) is 48.7 Å². The molecule has 25 heavy (non-hydrogen) atoms. The van der Waals surface area contributed by atoms with E-state index < -0.39 is 12.7 Å². The molecule has 3 rings (SSSR count). The Morgan fingerprint density at radius 3 is 1.96 bits per heavy atom. The van der Waals surface area contributed by atoms with Gasteiger partial charge in [-0.1, -0.05) is 54.1 Å². The fourth-order valence-corrected chi connectivity index (χ4v) is 3.45. The van der Waals surface area contributed by atoms with E-state index in [1.165, 1.54) is 4.90 Å². The van der Waals surface area contributed by atoms with Crippen molar-refractivity contribution in [2.45, 2.75) is 12.2 Å². The molecule has 2 aromatic rings. The topological polar surface area (TPSA) is 6.48 Å². The number of hydrogen-bond acceptors (Lipinski definition) is 2. The molecule has 0 radical (unpaired) electrons. The van der Waals surface area contributed by atoms with E-state index >= 15 is 0 Å². The van der Waals surface area contributed by atoms with Gasteiger partial charge in [0.05, 0.1) is 12.6 Å². The number of piperazine rings is 1. The van der Waals surface area contributed by atoms with Crippen LogP contribution in [0.1, 0.15) is 17.2 Å². The SMILES string of the molecule is FC(F)(F)CN1CCN([C@H](c2ccccc2)c2ccc(Cl)cc2)CC1. The summed E-state index contributed by atoms with van der Waals surface area (Å²) < 4.78 is 37.8. The maximum atomic E-state index is 12.6. The molecule has 1 atom stereocenters. The number of nitrogens with zero attached hydrogens (tertiary/aromatic N) is 2. The minimum atomic E-state index is -4.14. The third-order valence-corrected chi connectivity index (χ3v) is 4.73. The van der Waals surface area contributed by atoms with Crippen LogP contribution in [0.15, 0.2) is 54.6 Å². The van der Waals surface area contributed by atoms with Crippen molar-refractivity contribution in [1.29, 1.82) is 0 Å². The van der Waals surface area contributed by atoms with Crippen LogP contribution in [0.2, 0.25) is 5.02 Å². The van der Waals surface area contributed by atoms with Gasteiger partial charge in [0.2, 0.25) is 0 Å². The highest BCUT2D eigenvalue weighted by molar-refractivity contribution is 6.30. The lowest BCUT2D eigenvalue weighted by Crippen LogP contribution is -2.50. The minimum Gasteiger partial charge on any atom is -0.292 e. The maximum Gasteiger partial charge on any atom is 0.401 e. The van der Waals surface area contributed by atoms with Gasteiger partial charge in [-0.25, -0.2) is 0 Å². The molecular weight excluding hydrogens is 349 g/mol. The summed E-state index contributed by atoms with van der Waals surface area (Å²) in [6.07, 6.45) is -4.14. The fraction of sp³-hybridized carbons (Fsp3) is 0.368. The standard InChI is InChI=1S/C19H20ClF3N2/c20-17-8-6-16(7-9-17)18(15-4-2-1-3-5-15)25-12-10-24(11-13-25)14-19(21,22)23/h1-9,18H,10-14H2/t18-/m1/s1. The molecule has 0 aromatic heterocycles. The molecule has 0 aliphatic carbocycles. The van der Waals surface area contributed by atoms with E-state index in [0.717, 1.165) is 11.1 Å². The maximum absolute atomic E-state index is 12.6. The summed E-state index contributed by atoms with van der Waals surface area (Å²) in [5, 5.41) is 0.672. The minimum absolute atomic E-state index is 0.0199. The highest BCUT2D eigenvalue weighted by Gasteiger charge is 2.33. The van der Waals surface area contributed by atoms with Crippen molar-refractivity contribution < 1.29 is 13.2 Å². The molecular formula is C19H20ClF3N2. The third-order valence-electron chi connectivity index (χ3n) is 4.48. The molecule has 6 heteroatoms. The second-order valence-electron chi connectivity index (χ2n) is 6.29. The first-order valence-corrected chi connectivity index (χ1v) is 8.64. The Morgan fingerprint density at radius 1 is 0.840 bits per heavy atom. The average Bonchev–Trinajstić information content (AvgIpc) is 2.58. The van der Waals surface area contributed by atoms with Crippen LogP contribution in [0.4, 0.5) is 13.2 Å². The van der Waals surface area contributed by atoms with Crippen LogP contribution < -0.4 is 0 Å². The van der Waals surface area contributed by atoms with Crippen LogP contribution in [0.25, 0.3) is 0 Å². The van der Waals surface area contributed by atoms with Gasteiger partial charge in [-0.3, -0.25) is 9.80 Å². The van der Waals surface area contributed by atoms with Crippen LogP contribution in [0.5, 0.6) is 0 Å². The molecule has 0 amide bonds. The number of rotatable bonds is 4. The van der Waals surface area contributed by atoms with Crippen molar-refractivity contribution in [1.82, 2.24) is 9.80 Å². The largest absolute Gasteiger partial charge is 0.401 e. The van der Waals surface area contributed by atoms with Gasteiger partial charge in [0.1, 0.15) is 0 Å². The van der Waals surface area contributed by atoms with Crippen molar-refractivity contribution in [3.05, 3.63) is 70.7 Å². The lowest BCUT2D eigenvalue weighted by molar-refractivity contribution is -0.149. The number of hydrogen-bond donors (Lipinski definition) is 0. The predicted molar refractivity (Wildman–Crippen MR) is 93.8 cm³/mol. The van der Waals surface area contributed by atoms with Crippen molar-refractivity contribution in [3.63, 3.8) is 0 Å². The fourth-order valence-electron chi connectivity index (χ4n) is 3.33. The highest BCUT2D eigenvalue weighted by atomic mass is 35.5. The molecule has 1 aliphatic heterocycles. The Labute approximate surface area is 150 Å². The summed E-state index contributed by atoms with van der Waals surface area (Å²) >= 11 is 6.00. The lowest BCUT2D eigenvalue weighted by atomic mass is 9.96. The quantitative estimate of drug-likeness (QED) is 0.777. The van der Waals surface area contributed by atoms with Gasteiger partial charge in [-0.2, -0.15) is 13.2 Å². The third kappa shape index (κ3) is 4.97. The lowest BCUT2D eigenvalue weighted by Gasteiger charge is -2.40. The van der Waals surface area contributed by atoms with Gasteiger partial charge in [-0.05, 0) is 23.3 Å². The van der Waals surface area contributed by atoms with E-state index in [2.05, 4.69) is 17.0 Å². The van der Waals surface area contributed by atoms with Crippen LogP contribution in [-0.2, 0) is 0 Å². The zero-order chi connectivity index (χ0) is 17.9. The Morgan fingerprint density at radius 2 is 1.40 bits per heavy atom. The van der Waals surface area contributed by atoms with Crippen molar-refractivity contribution in [2.75, 3.05) is 32.7 Å². The molecule has 0 saturated carbocycles. The zero-order valence-corrected chi connectivity index (χ0v) is 14.5. The van der Waals surface area contributed by atoms with Crippen molar-refractivity contribution >= 4 is 11.6 Å². The van der Waals surface area contributed by atoms with Crippen LogP contribution in [0.3, 0.4) is 0 Å². The van der Waals surface area contributed by atoms with Gasteiger partial charge in [-0.15, -0.1) is 0 Å². The molecule has 0 spiro atoms. The van der Waals surface area contributed by atoms with Crippen LogP contribution in [0, 0.1) is 0 Å². The molecule has 1 saturated heterocycles. The van der Waals surface area contributed by atoms with E-state index in [1.807, 2.05) is 42.5 Å². The zero-order valence-electron chi connectivity index (χ0n) is 13.7. The molecule has 0 bridgehead atoms. The molecule has 134 valence electrons. The van der Waals surface area contributed by atoms with Gasteiger partial charge in [0.15, 0.2) is 0 Å². The molecule has 1 aliphatic rings. The molecule has 1 heterocycles. The van der Waals surface area contributed by atoms with Crippen molar-refractivity contribution in [3.8, 4) is 0 Å². The highest BCUT2D eigenvalue weighted by Crippen LogP contribution is 2.30.